The average Bonchev–Trinajstić information content (AvgIpc) is 3.23. The van der Waals surface area contributed by atoms with Crippen LogP contribution < -0.4 is 10.2 Å². The normalized spacial score (nSPS) is 14.2. The van der Waals surface area contributed by atoms with Crippen LogP contribution in [-0.2, 0) is 11.2 Å². The van der Waals surface area contributed by atoms with E-state index in [2.05, 4.69) is 57.8 Å². The molecule has 6 nitrogen and oxygen atoms in total. The van der Waals surface area contributed by atoms with Crippen molar-refractivity contribution in [3.63, 3.8) is 0 Å². The van der Waals surface area contributed by atoms with E-state index >= 15 is 0 Å². The molecule has 0 radical (unpaired) electrons. The van der Waals surface area contributed by atoms with Crippen LogP contribution in [0.5, 0.6) is 0 Å². The molecule has 2 N–H and O–H groups in total. The van der Waals surface area contributed by atoms with Crippen LogP contribution in [0, 0.1) is 0 Å². The van der Waals surface area contributed by atoms with Gasteiger partial charge in [-0.25, -0.2) is 4.98 Å². The Balaban J connectivity index is 1.37. The highest BCUT2D eigenvalue weighted by Gasteiger charge is 2.16. The zero-order chi connectivity index (χ0) is 20.2. The number of nitrogens with one attached hydrogen (secondary N) is 2. The Labute approximate surface area is 175 Å². The number of anilines is 2. The van der Waals surface area contributed by atoms with Crippen LogP contribution in [0.25, 0.3) is 22.2 Å². The van der Waals surface area contributed by atoms with Crippen molar-refractivity contribution in [2.24, 2.45) is 0 Å². The van der Waals surface area contributed by atoms with Gasteiger partial charge in [-0.2, -0.15) is 4.98 Å². The summed E-state index contributed by atoms with van der Waals surface area (Å²) in [5, 5.41) is 4.79. The molecule has 1 fully saturated rings. The predicted octanol–water partition coefficient (Wildman–Crippen LogP) is 4.12. The Morgan fingerprint density at radius 3 is 2.63 bits per heavy atom. The molecular formula is C24H25N5O. The lowest BCUT2D eigenvalue weighted by atomic mass is 10.1. The molecule has 6 heteroatoms. The maximum absolute atomic E-state index is 5.49. The minimum Gasteiger partial charge on any atom is -0.378 e. The summed E-state index contributed by atoms with van der Waals surface area (Å²) in [6.45, 7) is 3.85. The number of benzene rings is 2. The summed E-state index contributed by atoms with van der Waals surface area (Å²) in [6, 6.07) is 20.7. The van der Waals surface area contributed by atoms with Crippen LogP contribution in [0.15, 0.2) is 66.9 Å². The number of aromatic amines is 1. The number of ether oxygens (including phenoxy) is 1. The Kier molecular flexibility index (Phi) is 5.31. The molecule has 0 saturated carbocycles. The second kappa shape index (κ2) is 8.55. The second-order valence-corrected chi connectivity index (χ2v) is 7.44. The zero-order valence-corrected chi connectivity index (χ0v) is 16.8. The van der Waals surface area contributed by atoms with E-state index < -0.39 is 0 Å². The summed E-state index contributed by atoms with van der Waals surface area (Å²) in [6.07, 6.45) is 3.02. The Bertz CT molecular complexity index is 1120. The van der Waals surface area contributed by atoms with Crippen molar-refractivity contribution in [3.8, 4) is 11.3 Å². The third-order valence-corrected chi connectivity index (χ3v) is 5.45. The maximum atomic E-state index is 5.49. The molecule has 3 heterocycles. The summed E-state index contributed by atoms with van der Waals surface area (Å²) in [5.74, 6) is 1.61. The lowest BCUT2D eigenvalue weighted by Crippen LogP contribution is -2.37. The lowest BCUT2D eigenvalue weighted by Gasteiger charge is -2.27. The zero-order valence-electron chi connectivity index (χ0n) is 16.8. The first-order valence-corrected chi connectivity index (χ1v) is 10.4. The summed E-state index contributed by atoms with van der Waals surface area (Å²) < 4.78 is 5.49. The van der Waals surface area contributed by atoms with Gasteiger partial charge >= 0.3 is 0 Å². The monoisotopic (exact) mass is 399 g/mol. The second-order valence-electron chi connectivity index (χ2n) is 7.44. The Hall–Kier alpha value is -3.38. The maximum Gasteiger partial charge on any atom is 0.228 e. The van der Waals surface area contributed by atoms with Crippen LogP contribution in [0.2, 0.25) is 0 Å². The van der Waals surface area contributed by atoms with E-state index in [-0.39, 0.29) is 0 Å². The third-order valence-electron chi connectivity index (χ3n) is 5.45. The van der Waals surface area contributed by atoms with Crippen molar-refractivity contribution in [2.45, 2.75) is 6.42 Å². The summed E-state index contributed by atoms with van der Waals surface area (Å²) in [4.78, 5) is 15.2. The molecule has 152 valence electrons. The van der Waals surface area contributed by atoms with Crippen molar-refractivity contribution < 1.29 is 4.74 Å². The summed E-state index contributed by atoms with van der Waals surface area (Å²) in [7, 11) is 0. The van der Waals surface area contributed by atoms with Gasteiger partial charge in [-0.05, 0) is 18.1 Å². The highest BCUT2D eigenvalue weighted by molar-refractivity contribution is 5.83. The Morgan fingerprint density at radius 1 is 0.967 bits per heavy atom. The van der Waals surface area contributed by atoms with Crippen molar-refractivity contribution in [1.82, 2.24) is 15.0 Å². The molecule has 0 aliphatic carbocycles. The number of fused-ring (bicyclic) bond motifs is 1. The molecule has 1 aliphatic rings. The van der Waals surface area contributed by atoms with Crippen molar-refractivity contribution in [1.29, 1.82) is 0 Å². The molecule has 5 rings (SSSR count). The van der Waals surface area contributed by atoms with E-state index in [1.807, 2.05) is 24.3 Å². The van der Waals surface area contributed by atoms with Gasteiger partial charge in [-0.3, -0.25) is 0 Å². The number of morpholine rings is 1. The van der Waals surface area contributed by atoms with E-state index in [0.717, 1.165) is 49.1 Å². The number of hydrogen-bond donors (Lipinski definition) is 2. The lowest BCUT2D eigenvalue weighted by molar-refractivity contribution is 0.122. The number of aromatic nitrogens is 3. The molecule has 2 aromatic heterocycles. The Morgan fingerprint density at radius 2 is 1.77 bits per heavy atom. The van der Waals surface area contributed by atoms with Crippen LogP contribution in [0.1, 0.15) is 5.56 Å². The first kappa shape index (κ1) is 18.6. The first-order valence-electron chi connectivity index (χ1n) is 10.4. The van der Waals surface area contributed by atoms with Crippen LogP contribution >= 0.6 is 0 Å². The molecule has 30 heavy (non-hydrogen) atoms. The number of hydrogen-bond acceptors (Lipinski definition) is 5. The minimum absolute atomic E-state index is 0.711. The van der Waals surface area contributed by atoms with E-state index in [9.17, 15) is 0 Å². The molecule has 0 amide bonds. The molecule has 1 aliphatic heterocycles. The molecule has 2 aromatic carbocycles. The standard InChI is InChI=1S/C24H25N5O/c1-2-6-18(7-3-1)22-16-23(28-24(27-22)29-12-14-30-15-13-29)25-11-10-19-17-26-21-9-5-4-8-20(19)21/h1-9,16-17,26H,10-15H2,(H,25,27,28). The number of H-pyrrole nitrogens is 1. The minimum atomic E-state index is 0.711. The summed E-state index contributed by atoms with van der Waals surface area (Å²) in [5.41, 5.74) is 4.51. The van der Waals surface area contributed by atoms with Gasteiger partial charge in [0.15, 0.2) is 0 Å². The summed E-state index contributed by atoms with van der Waals surface area (Å²) >= 11 is 0. The highest BCUT2D eigenvalue weighted by Crippen LogP contribution is 2.24. The molecule has 1 saturated heterocycles. The van der Waals surface area contributed by atoms with Crippen LogP contribution in [0.4, 0.5) is 11.8 Å². The largest absolute Gasteiger partial charge is 0.378 e. The predicted molar refractivity (Wildman–Crippen MR) is 121 cm³/mol. The van der Waals surface area contributed by atoms with Gasteiger partial charge in [0, 0.05) is 48.4 Å². The fourth-order valence-corrected chi connectivity index (χ4v) is 3.85. The van der Waals surface area contributed by atoms with Gasteiger partial charge in [0.1, 0.15) is 5.82 Å². The van der Waals surface area contributed by atoms with Crippen molar-refractivity contribution >= 4 is 22.7 Å². The highest BCUT2D eigenvalue weighted by atomic mass is 16.5. The van der Waals surface area contributed by atoms with Gasteiger partial charge in [0.25, 0.3) is 0 Å². The van der Waals surface area contributed by atoms with Gasteiger partial charge in [0.05, 0.1) is 18.9 Å². The third kappa shape index (κ3) is 4.00. The smallest absolute Gasteiger partial charge is 0.228 e. The fourth-order valence-electron chi connectivity index (χ4n) is 3.85. The molecule has 0 unspecified atom stereocenters. The van der Waals surface area contributed by atoms with E-state index in [1.54, 1.807) is 0 Å². The quantitative estimate of drug-likeness (QED) is 0.511. The van der Waals surface area contributed by atoms with E-state index in [0.29, 0.717) is 13.2 Å². The first-order chi connectivity index (χ1) is 14.9. The molecule has 0 atom stereocenters. The van der Waals surface area contributed by atoms with E-state index in [4.69, 9.17) is 14.7 Å². The van der Waals surface area contributed by atoms with E-state index in [1.165, 1.54) is 16.5 Å². The molecule has 0 bridgehead atoms. The van der Waals surface area contributed by atoms with Crippen LogP contribution in [0.3, 0.4) is 0 Å². The topological polar surface area (TPSA) is 66.1 Å². The van der Waals surface area contributed by atoms with Crippen molar-refractivity contribution in [3.05, 3.63) is 72.4 Å². The van der Waals surface area contributed by atoms with Gasteiger partial charge in [0.2, 0.25) is 5.95 Å². The molecule has 0 spiro atoms. The average molecular weight is 399 g/mol. The SMILES string of the molecule is c1ccc(-c2cc(NCCc3c[nH]c4ccccc34)nc(N3CCOCC3)n2)cc1. The number of rotatable bonds is 6. The molecular weight excluding hydrogens is 374 g/mol. The van der Waals surface area contributed by atoms with Gasteiger partial charge in [-0.15, -0.1) is 0 Å². The number of nitrogens with zero attached hydrogens (tertiary/aromatic N) is 3. The molecule has 4 aromatic rings. The van der Waals surface area contributed by atoms with Gasteiger partial charge in [-0.1, -0.05) is 48.5 Å². The fraction of sp³-hybridized carbons (Fsp3) is 0.250. The number of para-hydroxylation sites is 1. The van der Waals surface area contributed by atoms with Crippen molar-refractivity contribution in [2.75, 3.05) is 43.1 Å². The van der Waals surface area contributed by atoms with Crippen LogP contribution in [-0.4, -0.2) is 47.8 Å². The van der Waals surface area contributed by atoms with Gasteiger partial charge < -0.3 is 19.9 Å².